The molecule has 0 aromatic heterocycles. The Kier molecular flexibility index (Phi) is 5.19. The molecule has 1 heterocycles. The zero-order chi connectivity index (χ0) is 19.6. The van der Waals surface area contributed by atoms with Crippen molar-refractivity contribution in [3.63, 3.8) is 0 Å². The lowest BCUT2D eigenvalue weighted by atomic mass is 9.84. The predicted molar refractivity (Wildman–Crippen MR) is 93.0 cm³/mol. The molecule has 1 aliphatic heterocycles. The summed E-state index contributed by atoms with van der Waals surface area (Å²) in [4.78, 5) is 13.8. The Labute approximate surface area is 155 Å². The predicted octanol–water partition coefficient (Wildman–Crippen LogP) is 3.24. The van der Waals surface area contributed by atoms with Gasteiger partial charge in [-0.2, -0.15) is 5.26 Å². The van der Waals surface area contributed by atoms with Gasteiger partial charge in [0.2, 0.25) is 5.91 Å². The summed E-state index contributed by atoms with van der Waals surface area (Å²) in [6, 6.07) is 11.2. The van der Waals surface area contributed by atoms with Gasteiger partial charge in [0.05, 0.1) is 6.04 Å². The Morgan fingerprint density at radius 1 is 1.07 bits per heavy atom. The molecule has 3 rings (SSSR count). The second-order valence-electron chi connectivity index (χ2n) is 6.57. The Hall–Kier alpha value is -2.85. The van der Waals surface area contributed by atoms with Gasteiger partial charge in [0, 0.05) is 18.9 Å². The van der Waals surface area contributed by atoms with Crippen LogP contribution in [0.3, 0.4) is 0 Å². The topological polar surface area (TPSA) is 70.1 Å². The molecule has 0 saturated carbocycles. The van der Waals surface area contributed by atoms with Crippen LogP contribution in [0.2, 0.25) is 0 Å². The minimum Gasteiger partial charge on any atom is -0.319 e. The summed E-state index contributed by atoms with van der Waals surface area (Å²) in [6.45, 7) is 0.0934. The minimum atomic E-state index is -2.38. The third-order valence-corrected chi connectivity index (χ3v) is 4.86. The van der Waals surface area contributed by atoms with Crippen LogP contribution in [-0.2, 0) is 4.79 Å². The van der Waals surface area contributed by atoms with Gasteiger partial charge in [-0.25, -0.2) is 13.2 Å². The molecule has 2 N–H and O–H groups in total. The molecule has 0 bridgehead atoms. The van der Waals surface area contributed by atoms with Crippen LogP contribution in [0, 0.1) is 23.0 Å². The lowest BCUT2D eigenvalue weighted by molar-refractivity contribution is -0.140. The molecule has 1 aliphatic rings. The number of alkyl halides is 1. The number of carbonyl (C=O) groups excluding carboxylic acids is 1. The van der Waals surface area contributed by atoms with Crippen molar-refractivity contribution < 1.29 is 18.0 Å². The fourth-order valence-electron chi connectivity index (χ4n) is 3.45. The first kappa shape index (κ1) is 18.9. The maximum Gasteiger partial charge on any atom is 0.271 e. The number of nitriles is 1. The summed E-state index contributed by atoms with van der Waals surface area (Å²) >= 11 is 0. The van der Waals surface area contributed by atoms with Crippen LogP contribution in [0.4, 0.5) is 13.2 Å². The summed E-state index contributed by atoms with van der Waals surface area (Å²) < 4.78 is 41.3. The molecular weight excluding hydrogens is 355 g/mol. The first-order valence-electron chi connectivity index (χ1n) is 8.54. The fourth-order valence-corrected chi connectivity index (χ4v) is 3.45. The number of hydrogen-bond acceptors (Lipinski definition) is 3. The third-order valence-electron chi connectivity index (χ3n) is 4.86. The fraction of sp³-hybridized carbons (Fsp3) is 0.300. The molecule has 4 nitrogen and oxygen atoms in total. The van der Waals surface area contributed by atoms with E-state index >= 15 is 0 Å². The molecule has 0 spiro atoms. The van der Waals surface area contributed by atoms with Gasteiger partial charge in [-0.3, -0.25) is 9.69 Å². The normalized spacial score (nSPS) is 20.5. The van der Waals surface area contributed by atoms with E-state index in [2.05, 4.69) is 0 Å². The van der Waals surface area contributed by atoms with Crippen molar-refractivity contribution >= 4 is 5.91 Å². The Bertz CT molecular complexity index is 818. The van der Waals surface area contributed by atoms with Crippen LogP contribution in [0.5, 0.6) is 0 Å². The molecule has 7 heteroatoms. The monoisotopic (exact) mass is 373 g/mol. The van der Waals surface area contributed by atoms with Crippen molar-refractivity contribution in [2.75, 3.05) is 6.54 Å². The Balaban J connectivity index is 1.99. The van der Waals surface area contributed by atoms with E-state index in [0.29, 0.717) is 17.5 Å². The lowest BCUT2D eigenvalue weighted by Crippen LogP contribution is -2.52. The molecule has 2 aromatic rings. The number of rotatable bonds is 4. The second kappa shape index (κ2) is 7.41. The summed E-state index contributed by atoms with van der Waals surface area (Å²) in [5, 5.41) is 9.12. The van der Waals surface area contributed by atoms with Crippen LogP contribution in [0.25, 0.3) is 0 Å². The zero-order valence-electron chi connectivity index (χ0n) is 14.4. The van der Waals surface area contributed by atoms with E-state index in [9.17, 15) is 18.0 Å². The number of carbonyl (C=O) groups is 1. The summed E-state index contributed by atoms with van der Waals surface area (Å²) in [6.07, 6.45) is 0.292. The molecule has 0 aliphatic carbocycles. The average molecular weight is 373 g/mol. The van der Waals surface area contributed by atoms with Crippen molar-refractivity contribution in [1.29, 1.82) is 5.26 Å². The first-order valence-corrected chi connectivity index (χ1v) is 8.54. The molecule has 0 radical (unpaired) electrons. The molecule has 1 fully saturated rings. The standard InChI is InChI=1S/C20H18F3N3O/c21-15-6-2-13(3-7-15)17(14-4-8-16(22)9-5-14)18(25)19(27)26-11-1-10-20(26,23)12-24/h2-9,17-18H,1,10-11,25H2/t18-,20?/m0/s1. The van der Waals surface area contributed by atoms with E-state index < -0.39 is 35.3 Å². The Morgan fingerprint density at radius 2 is 1.56 bits per heavy atom. The van der Waals surface area contributed by atoms with Crippen LogP contribution < -0.4 is 5.73 Å². The number of halogens is 3. The maximum absolute atomic E-state index is 14.7. The van der Waals surface area contributed by atoms with Gasteiger partial charge in [-0.1, -0.05) is 24.3 Å². The van der Waals surface area contributed by atoms with Gasteiger partial charge >= 0.3 is 0 Å². The molecule has 2 atom stereocenters. The van der Waals surface area contributed by atoms with Gasteiger partial charge < -0.3 is 5.73 Å². The Morgan fingerprint density at radius 3 is 2.00 bits per heavy atom. The summed E-state index contributed by atoms with van der Waals surface area (Å²) in [5.74, 6) is -4.76. The maximum atomic E-state index is 14.7. The van der Waals surface area contributed by atoms with E-state index in [1.54, 1.807) is 6.07 Å². The van der Waals surface area contributed by atoms with Crippen molar-refractivity contribution in [3.05, 3.63) is 71.3 Å². The largest absolute Gasteiger partial charge is 0.319 e. The van der Waals surface area contributed by atoms with Gasteiger partial charge in [0.25, 0.3) is 5.79 Å². The van der Waals surface area contributed by atoms with Gasteiger partial charge in [-0.15, -0.1) is 0 Å². The average Bonchev–Trinajstić information content (AvgIpc) is 3.06. The molecular formula is C20H18F3N3O. The minimum absolute atomic E-state index is 0.0697. The number of nitrogens with zero attached hydrogens (tertiary/aromatic N) is 2. The van der Waals surface area contributed by atoms with E-state index in [-0.39, 0.29) is 13.0 Å². The highest BCUT2D eigenvalue weighted by atomic mass is 19.1. The van der Waals surface area contributed by atoms with E-state index in [4.69, 9.17) is 11.0 Å². The van der Waals surface area contributed by atoms with Crippen LogP contribution >= 0.6 is 0 Å². The van der Waals surface area contributed by atoms with Crippen molar-refractivity contribution in [2.45, 2.75) is 30.6 Å². The molecule has 140 valence electrons. The second-order valence-corrected chi connectivity index (χ2v) is 6.57. The molecule has 1 saturated heterocycles. The first-order chi connectivity index (χ1) is 12.9. The van der Waals surface area contributed by atoms with E-state index in [0.717, 1.165) is 4.90 Å². The summed E-state index contributed by atoms with van der Waals surface area (Å²) in [5.41, 5.74) is 7.27. The van der Waals surface area contributed by atoms with Crippen LogP contribution in [0.1, 0.15) is 29.9 Å². The van der Waals surface area contributed by atoms with E-state index in [1.165, 1.54) is 48.5 Å². The number of nitrogens with two attached hydrogens (primary N) is 1. The van der Waals surface area contributed by atoms with Crippen LogP contribution in [0.15, 0.2) is 48.5 Å². The SMILES string of the molecule is N#CC1(F)CCCN1C(=O)[C@@H](N)C(c1ccc(F)cc1)c1ccc(F)cc1. The van der Waals surface area contributed by atoms with Gasteiger partial charge in [0.1, 0.15) is 17.7 Å². The lowest BCUT2D eigenvalue weighted by Gasteiger charge is -2.31. The smallest absolute Gasteiger partial charge is 0.271 e. The number of amides is 1. The quantitative estimate of drug-likeness (QED) is 0.837. The van der Waals surface area contributed by atoms with Crippen molar-refractivity contribution in [2.24, 2.45) is 5.73 Å². The summed E-state index contributed by atoms with van der Waals surface area (Å²) in [7, 11) is 0. The molecule has 1 unspecified atom stereocenters. The highest BCUT2D eigenvalue weighted by Gasteiger charge is 2.47. The number of hydrogen-bond donors (Lipinski definition) is 1. The number of likely N-dealkylation sites (tertiary alicyclic amines) is 1. The van der Waals surface area contributed by atoms with Crippen molar-refractivity contribution in [1.82, 2.24) is 4.90 Å². The van der Waals surface area contributed by atoms with E-state index in [1.807, 2.05) is 0 Å². The van der Waals surface area contributed by atoms with Crippen molar-refractivity contribution in [3.8, 4) is 6.07 Å². The molecule has 2 aromatic carbocycles. The highest BCUT2D eigenvalue weighted by Crippen LogP contribution is 2.34. The van der Waals surface area contributed by atoms with Gasteiger partial charge in [0.15, 0.2) is 0 Å². The highest BCUT2D eigenvalue weighted by molar-refractivity contribution is 5.84. The number of benzene rings is 2. The third kappa shape index (κ3) is 3.67. The van der Waals surface area contributed by atoms with Gasteiger partial charge in [-0.05, 0) is 41.8 Å². The van der Waals surface area contributed by atoms with Crippen LogP contribution in [-0.4, -0.2) is 29.2 Å². The molecule has 27 heavy (non-hydrogen) atoms. The zero-order valence-corrected chi connectivity index (χ0v) is 14.4. The molecule has 1 amide bonds.